The van der Waals surface area contributed by atoms with Crippen LogP contribution in [-0.2, 0) is 6.42 Å². The number of thiophene rings is 1. The lowest BCUT2D eigenvalue weighted by Gasteiger charge is -2.08. The Morgan fingerprint density at radius 2 is 2.00 bits per heavy atom. The van der Waals surface area contributed by atoms with Crippen molar-refractivity contribution in [3.05, 3.63) is 55.1 Å². The monoisotopic (exact) mass is 422 g/mol. The molecule has 1 aromatic carbocycles. The van der Waals surface area contributed by atoms with Gasteiger partial charge in [0.25, 0.3) is 0 Å². The minimum Gasteiger partial charge on any atom is -0.137 e. The van der Waals surface area contributed by atoms with E-state index in [1.165, 1.54) is 14.9 Å². The molecule has 1 heterocycles. The van der Waals surface area contributed by atoms with Crippen molar-refractivity contribution < 1.29 is 0 Å². The van der Waals surface area contributed by atoms with E-state index in [2.05, 4.69) is 77.4 Å². The molecule has 0 aliphatic carbocycles. The van der Waals surface area contributed by atoms with Crippen LogP contribution in [0.1, 0.15) is 16.0 Å². The maximum absolute atomic E-state index is 3.73. The van der Waals surface area contributed by atoms with Gasteiger partial charge in [-0.15, -0.1) is 11.3 Å². The minimum atomic E-state index is 0.379. The van der Waals surface area contributed by atoms with Crippen molar-refractivity contribution in [2.45, 2.75) is 11.2 Å². The molecule has 4 heteroatoms. The number of hydrogen-bond acceptors (Lipinski definition) is 1. The number of rotatable bonds is 3. The second-order valence-corrected chi connectivity index (χ2v) is 7.80. The molecule has 1 atom stereocenters. The van der Waals surface area contributed by atoms with E-state index in [0.717, 1.165) is 10.9 Å². The fourth-order valence-electron chi connectivity index (χ4n) is 1.48. The van der Waals surface area contributed by atoms with E-state index in [-0.39, 0.29) is 0 Å². The number of halogens is 3. The normalized spacial score (nSPS) is 12.7. The van der Waals surface area contributed by atoms with Gasteiger partial charge in [0, 0.05) is 9.30 Å². The number of alkyl halides is 1. The zero-order valence-electron chi connectivity index (χ0n) is 8.29. The second kappa shape index (κ2) is 5.80. The third-order valence-corrected chi connectivity index (χ3v) is 5.12. The summed E-state index contributed by atoms with van der Waals surface area (Å²) in [6, 6.07) is 10.6. The van der Waals surface area contributed by atoms with Gasteiger partial charge >= 0.3 is 0 Å². The van der Waals surface area contributed by atoms with Gasteiger partial charge in [0.05, 0.1) is 3.79 Å². The molecule has 0 N–H and O–H groups in total. The molecule has 16 heavy (non-hydrogen) atoms. The van der Waals surface area contributed by atoms with Crippen molar-refractivity contribution in [1.29, 1.82) is 0 Å². The molecule has 0 nitrogen and oxygen atoms in total. The zero-order valence-corrected chi connectivity index (χ0v) is 13.9. The Morgan fingerprint density at radius 1 is 1.19 bits per heavy atom. The minimum absolute atomic E-state index is 0.379. The van der Waals surface area contributed by atoms with Gasteiger partial charge in [-0.25, -0.2) is 0 Å². The highest BCUT2D eigenvalue weighted by Gasteiger charge is 2.10. The van der Waals surface area contributed by atoms with E-state index in [1.807, 2.05) is 6.07 Å². The molecule has 2 aromatic rings. The smallest absolute Gasteiger partial charge is 0.0701 e. The molecule has 2 rings (SSSR count). The van der Waals surface area contributed by atoms with Crippen molar-refractivity contribution in [2.24, 2.45) is 0 Å². The SMILES string of the molecule is Brc1cccc(CC(Br)c2csc(Br)c2)c1. The molecule has 0 radical (unpaired) electrons. The van der Waals surface area contributed by atoms with E-state index >= 15 is 0 Å². The molecule has 0 bridgehead atoms. The predicted octanol–water partition coefficient (Wildman–Crippen LogP) is 5.95. The van der Waals surface area contributed by atoms with Crippen molar-refractivity contribution in [3.63, 3.8) is 0 Å². The highest BCUT2D eigenvalue weighted by Crippen LogP contribution is 2.32. The van der Waals surface area contributed by atoms with E-state index < -0.39 is 0 Å². The molecule has 1 unspecified atom stereocenters. The summed E-state index contributed by atoms with van der Waals surface area (Å²) in [5, 5.41) is 2.18. The van der Waals surface area contributed by atoms with Crippen LogP contribution in [0.3, 0.4) is 0 Å². The molecular weight excluding hydrogens is 416 g/mol. The summed E-state index contributed by atoms with van der Waals surface area (Å²) in [6.45, 7) is 0. The zero-order chi connectivity index (χ0) is 11.5. The van der Waals surface area contributed by atoms with Crippen LogP contribution in [0.2, 0.25) is 0 Å². The van der Waals surface area contributed by atoms with Gasteiger partial charge < -0.3 is 0 Å². The molecule has 0 spiro atoms. The highest BCUT2D eigenvalue weighted by molar-refractivity contribution is 9.11. The van der Waals surface area contributed by atoms with Gasteiger partial charge in [-0.3, -0.25) is 0 Å². The van der Waals surface area contributed by atoms with Gasteiger partial charge in [0.1, 0.15) is 0 Å². The lowest BCUT2D eigenvalue weighted by molar-refractivity contribution is 0.953. The van der Waals surface area contributed by atoms with Crippen LogP contribution in [0.25, 0.3) is 0 Å². The van der Waals surface area contributed by atoms with E-state index in [0.29, 0.717) is 4.83 Å². The summed E-state index contributed by atoms with van der Waals surface area (Å²) in [5.41, 5.74) is 2.66. The Kier molecular flexibility index (Phi) is 4.65. The summed E-state index contributed by atoms with van der Waals surface area (Å²) < 4.78 is 2.32. The standard InChI is InChI=1S/C12H9Br3S/c13-10-3-1-2-8(4-10)5-11(14)9-6-12(15)16-7-9/h1-4,6-7,11H,5H2. The third kappa shape index (κ3) is 3.42. The van der Waals surface area contributed by atoms with Gasteiger partial charge in [0.2, 0.25) is 0 Å². The average Bonchev–Trinajstić information content (AvgIpc) is 2.65. The Labute approximate surface area is 124 Å². The first-order valence-electron chi connectivity index (χ1n) is 4.77. The Morgan fingerprint density at radius 3 is 2.62 bits per heavy atom. The third-order valence-electron chi connectivity index (χ3n) is 2.25. The molecule has 1 aromatic heterocycles. The molecular formula is C12H9Br3S. The predicted molar refractivity (Wildman–Crippen MR) is 81.5 cm³/mol. The summed E-state index contributed by atoms with van der Waals surface area (Å²) in [4.78, 5) is 0.379. The van der Waals surface area contributed by atoms with Crippen molar-refractivity contribution in [3.8, 4) is 0 Å². The fourth-order valence-corrected chi connectivity index (χ4v) is 3.97. The fraction of sp³-hybridized carbons (Fsp3) is 0.167. The first-order chi connectivity index (χ1) is 7.65. The van der Waals surface area contributed by atoms with Crippen LogP contribution in [-0.4, -0.2) is 0 Å². The Hall–Kier alpha value is 0.360. The Balaban J connectivity index is 2.10. The largest absolute Gasteiger partial charge is 0.137 e. The second-order valence-electron chi connectivity index (χ2n) is 3.49. The van der Waals surface area contributed by atoms with Crippen LogP contribution in [0.4, 0.5) is 0 Å². The highest BCUT2D eigenvalue weighted by atomic mass is 79.9. The average molecular weight is 425 g/mol. The van der Waals surface area contributed by atoms with Crippen molar-refractivity contribution >= 4 is 59.1 Å². The summed E-state index contributed by atoms with van der Waals surface area (Å²) in [6.07, 6.45) is 1.00. The first-order valence-corrected chi connectivity index (χ1v) is 8.16. The quantitative estimate of drug-likeness (QED) is 0.534. The van der Waals surface area contributed by atoms with E-state index in [1.54, 1.807) is 11.3 Å². The molecule has 0 fully saturated rings. The summed E-state index contributed by atoms with van der Waals surface area (Å²) in [7, 11) is 0. The number of hydrogen-bond donors (Lipinski definition) is 0. The molecule has 0 aliphatic heterocycles. The van der Waals surface area contributed by atoms with Crippen LogP contribution in [0.15, 0.2) is 44.0 Å². The van der Waals surface area contributed by atoms with Gasteiger partial charge in [0.15, 0.2) is 0 Å². The van der Waals surface area contributed by atoms with Gasteiger partial charge in [-0.2, -0.15) is 0 Å². The van der Waals surface area contributed by atoms with E-state index in [9.17, 15) is 0 Å². The van der Waals surface area contributed by atoms with E-state index in [4.69, 9.17) is 0 Å². The first kappa shape index (κ1) is 12.8. The maximum Gasteiger partial charge on any atom is 0.0701 e. The topological polar surface area (TPSA) is 0 Å². The maximum atomic E-state index is 3.73. The number of benzene rings is 1. The van der Waals surface area contributed by atoms with Crippen molar-refractivity contribution in [2.75, 3.05) is 0 Å². The molecule has 0 saturated heterocycles. The molecule has 0 aliphatic rings. The lowest BCUT2D eigenvalue weighted by atomic mass is 10.1. The van der Waals surface area contributed by atoms with Gasteiger partial charge in [-0.1, -0.05) is 44.0 Å². The van der Waals surface area contributed by atoms with Crippen molar-refractivity contribution in [1.82, 2.24) is 0 Å². The van der Waals surface area contributed by atoms with Crippen LogP contribution >= 0.6 is 59.1 Å². The molecule has 84 valence electrons. The summed E-state index contributed by atoms with van der Waals surface area (Å²) >= 11 is 12.4. The lowest BCUT2D eigenvalue weighted by Crippen LogP contribution is -1.93. The Bertz CT molecular complexity index is 479. The van der Waals surface area contributed by atoms with Crippen LogP contribution < -0.4 is 0 Å². The molecule has 0 amide bonds. The van der Waals surface area contributed by atoms with Crippen LogP contribution in [0, 0.1) is 0 Å². The molecule has 0 saturated carbocycles. The van der Waals surface area contributed by atoms with Crippen LogP contribution in [0.5, 0.6) is 0 Å². The summed E-state index contributed by atoms with van der Waals surface area (Å²) in [5.74, 6) is 0. The van der Waals surface area contributed by atoms with Gasteiger partial charge in [-0.05, 0) is 57.1 Å².